The first-order valence-corrected chi connectivity index (χ1v) is 6.36. The van der Waals surface area contributed by atoms with Gasteiger partial charge in [-0.25, -0.2) is 0 Å². The Bertz CT molecular complexity index is 403. The zero-order chi connectivity index (χ0) is 13.0. The molecule has 1 aromatic carbocycles. The van der Waals surface area contributed by atoms with Crippen LogP contribution in [0.3, 0.4) is 0 Å². The van der Waals surface area contributed by atoms with Gasteiger partial charge in [-0.2, -0.15) is 0 Å². The Morgan fingerprint density at radius 2 is 2.17 bits per heavy atom. The molecular weight excluding hydrogens is 228 g/mol. The van der Waals surface area contributed by atoms with Crippen molar-refractivity contribution in [2.24, 2.45) is 0 Å². The summed E-state index contributed by atoms with van der Waals surface area (Å²) in [4.78, 5) is 13.0. The number of rotatable bonds is 4. The van der Waals surface area contributed by atoms with Gasteiger partial charge in [-0.1, -0.05) is 29.8 Å². The molecule has 1 aliphatic heterocycles. The highest BCUT2D eigenvalue weighted by atomic mass is 16.4. The largest absolute Gasteiger partial charge is 0.481 e. The van der Waals surface area contributed by atoms with Gasteiger partial charge in [0.05, 0.1) is 6.42 Å². The first kappa shape index (κ1) is 13.1. The summed E-state index contributed by atoms with van der Waals surface area (Å²) < 4.78 is 0. The van der Waals surface area contributed by atoms with E-state index in [0.29, 0.717) is 0 Å². The summed E-state index contributed by atoms with van der Waals surface area (Å²) in [5.74, 6) is -0.732. The molecule has 1 fully saturated rings. The molecule has 0 aromatic heterocycles. The van der Waals surface area contributed by atoms with E-state index < -0.39 is 5.97 Å². The molecule has 4 nitrogen and oxygen atoms in total. The van der Waals surface area contributed by atoms with Crippen LogP contribution < -0.4 is 5.32 Å². The Labute approximate surface area is 108 Å². The highest BCUT2D eigenvalue weighted by Gasteiger charge is 2.21. The lowest BCUT2D eigenvalue weighted by Gasteiger charge is -2.33. The molecule has 0 bridgehead atoms. The van der Waals surface area contributed by atoms with E-state index in [1.807, 2.05) is 0 Å². The molecule has 0 amide bonds. The number of carboxylic acid groups (broad SMARTS) is 1. The van der Waals surface area contributed by atoms with Crippen molar-refractivity contribution in [1.82, 2.24) is 10.2 Å². The van der Waals surface area contributed by atoms with Gasteiger partial charge in [0.1, 0.15) is 0 Å². The van der Waals surface area contributed by atoms with E-state index in [9.17, 15) is 4.79 Å². The summed E-state index contributed by atoms with van der Waals surface area (Å²) in [5.41, 5.74) is 2.55. The quantitative estimate of drug-likeness (QED) is 0.842. The summed E-state index contributed by atoms with van der Waals surface area (Å²) in [5, 5.41) is 12.1. The van der Waals surface area contributed by atoms with Crippen molar-refractivity contribution in [2.45, 2.75) is 25.9 Å². The molecular formula is C14H20N2O2. The Balaban J connectivity index is 1.89. The van der Waals surface area contributed by atoms with E-state index in [-0.39, 0.29) is 12.5 Å². The first-order valence-electron chi connectivity index (χ1n) is 6.36. The summed E-state index contributed by atoms with van der Waals surface area (Å²) in [7, 11) is 0. The van der Waals surface area contributed by atoms with Crippen LogP contribution in [0.15, 0.2) is 24.3 Å². The van der Waals surface area contributed by atoms with E-state index >= 15 is 0 Å². The molecule has 2 N–H and O–H groups in total. The topological polar surface area (TPSA) is 52.6 Å². The molecule has 2 rings (SSSR count). The number of hydrogen-bond acceptors (Lipinski definition) is 3. The highest BCUT2D eigenvalue weighted by molar-refractivity contribution is 5.67. The Morgan fingerprint density at radius 1 is 1.44 bits per heavy atom. The molecule has 0 aliphatic carbocycles. The summed E-state index contributed by atoms with van der Waals surface area (Å²) in [6.45, 7) is 5.63. The second kappa shape index (κ2) is 5.98. The fraction of sp³-hybridized carbons (Fsp3) is 0.500. The van der Waals surface area contributed by atoms with Crippen LogP contribution in [0.25, 0.3) is 0 Å². The molecule has 1 heterocycles. The molecule has 1 aromatic rings. The van der Waals surface area contributed by atoms with Gasteiger partial charge in [-0.05, 0) is 12.5 Å². The molecule has 18 heavy (non-hydrogen) atoms. The first-order chi connectivity index (χ1) is 8.63. The Hall–Kier alpha value is -1.39. The molecule has 0 radical (unpaired) electrons. The van der Waals surface area contributed by atoms with Crippen molar-refractivity contribution in [3.8, 4) is 0 Å². The maximum Gasteiger partial charge on any atom is 0.304 e. The van der Waals surface area contributed by atoms with Crippen LogP contribution in [-0.2, 0) is 11.3 Å². The molecule has 98 valence electrons. The fourth-order valence-electron chi connectivity index (χ4n) is 2.34. The predicted molar refractivity (Wildman–Crippen MR) is 70.5 cm³/mol. The SMILES string of the molecule is Cc1ccc(CN2CCNC(CC(=O)O)C2)cc1. The molecule has 1 unspecified atom stereocenters. The van der Waals surface area contributed by atoms with Gasteiger partial charge in [-0.3, -0.25) is 9.69 Å². The van der Waals surface area contributed by atoms with Gasteiger partial charge < -0.3 is 10.4 Å². The zero-order valence-corrected chi connectivity index (χ0v) is 10.7. The average Bonchev–Trinajstić information content (AvgIpc) is 2.32. The maximum absolute atomic E-state index is 10.7. The lowest BCUT2D eigenvalue weighted by Crippen LogP contribution is -2.50. The normalized spacial score (nSPS) is 20.8. The van der Waals surface area contributed by atoms with Gasteiger partial charge >= 0.3 is 5.97 Å². The lowest BCUT2D eigenvalue weighted by molar-refractivity contribution is -0.137. The predicted octanol–water partition coefficient (Wildman–Crippen LogP) is 1.24. The van der Waals surface area contributed by atoms with Crippen molar-refractivity contribution >= 4 is 5.97 Å². The number of benzene rings is 1. The fourth-order valence-corrected chi connectivity index (χ4v) is 2.34. The number of nitrogens with zero attached hydrogens (tertiary/aromatic N) is 1. The van der Waals surface area contributed by atoms with Gasteiger partial charge in [-0.15, -0.1) is 0 Å². The zero-order valence-electron chi connectivity index (χ0n) is 10.7. The summed E-state index contributed by atoms with van der Waals surface area (Å²) in [6.07, 6.45) is 0.199. The third-order valence-corrected chi connectivity index (χ3v) is 3.29. The second-order valence-corrected chi connectivity index (χ2v) is 4.97. The van der Waals surface area contributed by atoms with Gasteiger partial charge in [0.25, 0.3) is 0 Å². The highest BCUT2D eigenvalue weighted by Crippen LogP contribution is 2.10. The third kappa shape index (κ3) is 3.82. The maximum atomic E-state index is 10.7. The average molecular weight is 248 g/mol. The number of hydrogen-bond donors (Lipinski definition) is 2. The second-order valence-electron chi connectivity index (χ2n) is 4.97. The van der Waals surface area contributed by atoms with Gasteiger partial charge in [0.15, 0.2) is 0 Å². The number of aliphatic carboxylic acids is 1. The van der Waals surface area contributed by atoms with Crippen LogP contribution in [0.4, 0.5) is 0 Å². The molecule has 4 heteroatoms. The minimum absolute atomic E-state index is 0.0710. The number of piperazine rings is 1. The van der Waals surface area contributed by atoms with Crippen LogP contribution in [0.2, 0.25) is 0 Å². The van der Waals surface area contributed by atoms with Crippen molar-refractivity contribution in [3.63, 3.8) is 0 Å². The summed E-state index contributed by atoms with van der Waals surface area (Å²) >= 11 is 0. The number of aryl methyl sites for hydroxylation is 1. The Kier molecular flexibility index (Phi) is 4.33. The Morgan fingerprint density at radius 3 is 2.83 bits per heavy atom. The molecule has 1 aliphatic rings. The van der Waals surface area contributed by atoms with E-state index in [0.717, 1.165) is 26.2 Å². The minimum Gasteiger partial charge on any atom is -0.481 e. The number of nitrogens with one attached hydrogen (secondary N) is 1. The van der Waals surface area contributed by atoms with E-state index in [1.165, 1.54) is 11.1 Å². The smallest absolute Gasteiger partial charge is 0.304 e. The summed E-state index contributed by atoms with van der Waals surface area (Å²) in [6, 6.07) is 8.59. The number of carboxylic acids is 1. The third-order valence-electron chi connectivity index (χ3n) is 3.29. The molecule has 1 saturated heterocycles. The van der Waals surface area contributed by atoms with Crippen molar-refractivity contribution in [1.29, 1.82) is 0 Å². The lowest BCUT2D eigenvalue weighted by atomic mass is 10.1. The van der Waals surface area contributed by atoms with Crippen LogP contribution in [0.1, 0.15) is 17.5 Å². The van der Waals surface area contributed by atoms with Gasteiger partial charge in [0, 0.05) is 32.2 Å². The monoisotopic (exact) mass is 248 g/mol. The van der Waals surface area contributed by atoms with E-state index in [4.69, 9.17) is 5.11 Å². The van der Waals surface area contributed by atoms with Gasteiger partial charge in [0.2, 0.25) is 0 Å². The van der Waals surface area contributed by atoms with Crippen LogP contribution in [-0.4, -0.2) is 41.7 Å². The standard InChI is InChI=1S/C14H20N2O2/c1-11-2-4-12(5-3-11)9-16-7-6-15-13(10-16)8-14(17)18/h2-5,13,15H,6-10H2,1H3,(H,17,18). The molecule has 0 spiro atoms. The van der Waals surface area contributed by atoms with Crippen molar-refractivity contribution in [2.75, 3.05) is 19.6 Å². The number of carbonyl (C=O) groups is 1. The molecule has 1 atom stereocenters. The van der Waals surface area contributed by atoms with E-state index in [1.54, 1.807) is 0 Å². The van der Waals surface area contributed by atoms with Crippen LogP contribution in [0.5, 0.6) is 0 Å². The van der Waals surface area contributed by atoms with Crippen molar-refractivity contribution < 1.29 is 9.90 Å². The van der Waals surface area contributed by atoms with Crippen LogP contribution >= 0.6 is 0 Å². The van der Waals surface area contributed by atoms with Crippen LogP contribution in [0, 0.1) is 6.92 Å². The van der Waals surface area contributed by atoms with E-state index in [2.05, 4.69) is 41.4 Å². The minimum atomic E-state index is -0.732. The molecule has 0 saturated carbocycles. The van der Waals surface area contributed by atoms with Crippen molar-refractivity contribution in [3.05, 3.63) is 35.4 Å².